The third-order valence-corrected chi connectivity index (χ3v) is 5.11. The van der Waals surface area contributed by atoms with Gasteiger partial charge >= 0.3 is 12.1 Å². The highest BCUT2D eigenvalue weighted by atomic mass is 19.4. The Morgan fingerprint density at radius 2 is 2.03 bits per heavy atom. The van der Waals surface area contributed by atoms with Gasteiger partial charge in [0.2, 0.25) is 5.88 Å². The molecule has 2 saturated heterocycles. The molecule has 2 fully saturated rings. The lowest BCUT2D eigenvalue weighted by Gasteiger charge is -2.23. The molecule has 0 aromatic carbocycles. The number of hydrogen-bond donors (Lipinski definition) is 1. The zero-order valence-electron chi connectivity index (χ0n) is 16.7. The van der Waals surface area contributed by atoms with Crippen LogP contribution >= 0.6 is 0 Å². The Morgan fingerprint density at radius 3 is 2.61 bits per heavy atom. The largest absolute Gasteiger partial charge is 0.490 e. The molecule has 0 aliphatic carbocycles. The van der Waals surface area contributed by atoms with Gasteiger partial charge in [-0.3, -0.25) is 4.79 Å². The summed E-state index contributed by atoms with van der Waals surface area (Å²) in [7, 11) is 1.89. The summed E-state index contributed by atoms with van der Waals surface area (Å²) >= 11 is 0. The zero-order chi connectivity index (χ0) is 22.6. The summed E-state index contributed by atoms with van der Waals surface area (Å²) in [6.07, 6.45) is 0.162. The third-order valence-electron chi connectivity index (χ3n) is 5.11. The van der Waals surface area contributed by atoms with Crippen LogP contribution in [0.4, 0.5) is 13.2 Å². The summed E-state index contributed by atoms with van der Waals surface area (Å²) in [6.45, 7) is 1.89. The number of hydrogen-bond acceptors (Lipinski definition) is 5. The number of carboxylic acid groups (broad SMARTS) is 1. The number of alkyl halides is 3. The number of carbonyl (C=O) groups excluding carboxylic acids is 1. The van der Waals surface area contributed by atoms with Gasteiger partial charge in [0, 0.05) is 38.5 Å². The van der Waals surface area contributed by atoms with Gasteiger partial charge < -0.3 is 24.0 Å². The number of aliphatic carboxylic acids is 1. The van der Waals surface area contributed by atoms with Crippen LogP contribution in [0.3, 0.4) is 0 Å². The number of nitrogens with zero attached hydrogens (tertiary/aromatic N) is 3. The van der Waals surface area contributed by atoms with E-state index in [1.54, 1.807) is 6.20 Å². The van der Waals surface area contributed by atoms with E-state index in [0.29, 0.717) is 24.7 Å². The normalized spacial score (nSPS) is 22.8. The Kier molecular flexibility index (Phi) is 6.54. The molecule has 0 bridgehead atoms. The van der Waals surface area contributed by atoms with Crippen LogP contribution in [0.15, 0.2) is 42.7 Å². The van der Waals surface area contributed by atoms with E-state index in [1.165, 1.54) is 0 Å². The van der Waals surface area contributed by atoms with Crippen molar-refractivity contribution in [2.75, 3.05) is 19.7 Å². The highest BCUT2D eigenvalue weighted by Crippen LogP contribution is 2.36. The number of halogens is 3. The van der Waals surface area contributed by atoms with Crippen molar-refractivity contribution in [3.63, 3.8) is 0 Å². The second-order valence-electron chi connectivity index (χ2n) is 7.39. The van der Waals surface area contributed by atoms with E-state index < -0.39 is 12.1 Å². The number of carbonyl (C=O) groups is 2. The average molecular weight is 441 g/mol. The lowest BCUT2D eigenvalue weighted by Crippen LogP contribution is -2.36. The zero-order valence-corrected chi connectivity index (χ0v) is 16.7. The lowest BCUT2D eigenvalue weighted by atomic mass is 9.98. The van der Waals surface area contributed by atoms with Gasteiger partial charge in [-0.2, -0.15) is 13.2 Å². The highest BCUT2D eigenvalue weighted by Gasteiger charge is 2.48. The van der Waals surface area contributed by atoms with Crippen LogP contribution in [-0.4, -0.2) is 69.0 Å². The van der Waals surface area contributed by atoms with Crippen molar-refractivity contribution in [1.29, 1.82) is 0 Å². The van der Waals surface area contributed by atoms with Gasteiger partial charge in [0.15, 0.2) is 0 Å². The molecule has 2 aliphatic rings. The SMILES string of the molecule is Cn1cccc1C(=O)N1CC[C@]2(C[C@H](Oc3ccccn3)CO2)C1.O=C(O)C(F)(F)F. The number of aromatic nitrogens is 2. The molecular formula is C20H22F3N3O5. The van der Waals surface area contributed by atoms with Gasteiger partial charge in [0.1, 0.15) is 11.8 Å². The van der Waals surface area contributed by atoms with E-state index in [2.05, 4.69) is 4.98 Å². The molecule has 2 atom stereocenters. The van der Waals surface area contributed by atoms with Crippen LogP contribution in [-0.2, 0) is 16.6 Å². The molecular weight excluding hydrogens is 419 g/mol. The summed E-state index contributed by atoms with van der Waals surface area (Å²) in [5, 5.41) is 7.12. The molecule has 2 aromatic heterocycles. The summed E-state index contributed by atoms with van der Waals surface area (Å²) in [6, 6.07) is 9.37. The quantitative estimate of drug-likeness (QED) is 0.787. The number of pyridine rings is 1. The first-order valence-electron chi connectivity index (χ1n) is 9.52. The van der Waals surface area contributed by atoms with Gasteiger partial charge in [-0.25, -0.2) is 9.78 Å². The van der Waals surface area contributed by atoms with Crippen molar-refractivity contribution in [1.82, 2.24) is 14.5 Å². The maximum Gasteiger partial charge on any atom is 0.490 e. The Hall–Kier alpha value is -3.08. The fourth-order valence-electron chi connectivity index (χ4n) is 3.61. The van der Waals surface area contributed by atoms with Crippen LogP contribution in [0.1, 0.15) is 23.3 Å². The molecule has 1 spiro atoms. The number of ether oxygens (including phenoxy) is 2. The van der Waals surface area contributed by atoms with Gasteiger partial charge in [-0.15, -0.1) is 0 Å². The van der Waals surface area contributed by atoms with Gasteiger partial charge in [-0.05, 0) is 24.6 Å². The molecule has 1 N–H and O–H groups in total. The van der Waals surface area contributed by atoms with E-state index in [1.807, 2.05) is 53.0 Å². The maximum absolute atomic E-state index is 12.6. The number of carboxylic acids is 1. The smallest absolute Gasteiger partial charge is 0.475 e. The van der Waals surface area contributed by atoms with E-state index in [9.17, 15) is 18.0 Å². The maximum atomic E-state index is 12.6. The van der Waals surface area contributed by atoms with E-state index in [4.69, 9.17) is 19.4 Å². The summed E-state index contributed by atoms with van der Waals surface area (Å²) in [5.74, 6) is -2.07. The van der Waals surface area contributed by atoms with E-state index in [-0.39, 0.29) is 17.6 Å². The van der Waals surface area contributed by atoms with Crippen LogP contribution in [0.2, 0.25) is 0 Å². The minimum absolute atomic E-state index is 0.00927. The predicted octanol–water partition coefficient (Wildman–Crippen LogP) is 2.51. The number of likely N-dealkylation sites (tertiary alicyclic amines) is 1. The molecule has 31 heavy (non-hydrogen) atoms. The van der Waals surface area contributed by atoms with Crippen LogP contribution in [0, 0.1) is 0 Å². The van der Waals surface area contributed by atoms with Crippen molar-refractivity contribution in [3.8, 4) is 5.88 Å². The predicted molar refractivity (Wildman–Crippen MR) is 102 cm³/mol. The first-order chi connectivity index (χ1) is 14.6. The van der Waals surface area contributed by atoms with Crippen molar-refractivity contribution in [3.05, 3.63) is 48.4 Å². The van der Waals surface area contributed by atoms with Crippen molar-refractivity contribution in [2.45, 2.75) is 30.7 Å². The second kappa shape index (κ2) is 8.96. The molecule has 2 aromatic rings. The van der Waals surface area contributed by atoms with Crippen LogP contribution in [0.25, 0.3) is 0 Å². The molecule has 0 saturated carbocycles. The van der Waals surface area contributed by atoms with Gasteiger partial charge in [-0.1, -0.05) is 6.07 Å². The van der Waals surface area contributed by atoms with Crippen LogP contribution in [0.5, 0.6) is 5.88 Å². The average Bonchev–Trinajstić information content (AvgIpc) is 3.43. The lowest BCUT2D eigenvalue weighted by molar-refractivity contribution is -0.192. The summed E-state index contributed by atoms with van der Waals surface area (Å²) in [4.78, 5) is 27.6. The molecule has 4 heterocycles. The first-order valence-corrected chi connectivity index (χ1v) is 9.52. The summed E-state index contributed by atoms with van der Waals surface area (Å²) < 4.78 is 45.6. The molecule has 8 nitrogen and oxygen atoms in total. The molecule has 168 valence electrons. The van der Waals surface area contributed by atoms with Crippen LogP contribution < -0.4 is 4.74 Å². The highest BCUT2D eigenvalue weighted by molar-refractivity contribution is 5.93. The third kappa shape index (κ3) is 5.54. The van der Waals surface area contributed by atoms with Crippen molar-refractivity contribution < 1.29 is 37.3 Å². The number of aryl methyl sites for hydroxylation is 1. The Morgan fingerprint density at radius 1 is 1.29 bits per heavy atom. The van der Waals surface area contributed by atoms with Crippen molar-refractivity contribution in [2.24, 2.45) is 7.05 Å². The van der Waals surface area contributed by atoms with Gasteiger partial charge in [0.25, 0.3) is 5.91 Å². The minimum atomic E-state index is -5.08. The van der Waals surface area contributed by atoms with Crippen molar-refractivity contribution >= 4 is 11.9 Å². The fourth-order valence-corrected chi connectivity index (χ4v) is 3.61. The molecule has 1 amide bonds. The molecule has 0 unspecified atom stereocenters. The Bertz CT molecular complexity index is 918. The monoisotopic (exact) mass is 441 g/mol. The van der Waals surface area contributed by atoms with Gasteiger partial charge in [0.05, 0.1) is 18.8 Å². The second-order valence-corrected chi connectivity index (χ2v) is 7.39. The fraction of sp³-hybridized carbons (Fsp3) is 0.450. The Balaban J connectivity index is 0.000000339. The topological polar surface area (TPSA) is 93.9 Å². The van der Waals surface area contributed by atoms with E-state index in [0.717, 1.165) is 19.4 Å². The number of amides is 1. The van der Waals surface area contributed by atoms with E-state index >= 15 is 0 Å². The summed E-state index contributed by atoms with van der Waals surface area (Å²) in [5.41, 5.74) is 0.437. The molecule has 11 heteroatoms. The first kappa shape index (κ1) is 22.6. The molecule has 4 rings (SSSR count). The minimum Gasteiger partial charge on any atom is -0.475 e. The Labute approximate surface area is 176 Å². The molecule has 0 radical (unpaired) electrons. The molecule has 2 aliphatic heterocycles. The standard InChI is InChI=1S/C18H21N3O3.C2HF3O2/c1-20-9-4-5-15(20)17(22)21-10-7-18(13-21)11-14(12-23-18)24-16-6-2-3-8-19-16;3-2(4,5)1(6)7/h2-6,8-9,14H,7,10-13H2,1H3;(H,6,7)/t14-,18-;/m0./s1. The number of rotatable bonds is 3.